The van der Waals surface area contributed by atoms with Crippen LogP contribution in [-0.4, -0.2) is 47.0 Å². The molecule has 0 saturated heterocycles. The van der Waals surface area contributed by atoms with Crippen LogP contribution in [0.5, 0.6) is 11.5 Å². The summed E-state index contributed by atoms with van der Waals surface area (Å²) >= 11 is 0. The lowest BCUT2D eigenvalue weighted by molar-refractivity contribution is -0.114. The number of methoxy groups -OCH3 is 2. The molecule has 0 unspecified atom stereocenters. The highest BCUT2D eigenvalue weighted by molar-refractivity contribution is 7.92. The standard InChI is InChI=1S/C27H31N3O6S/c1-18(2)28-27(32)22-8-6-7-9-23(22)29-26(31)17-30(24-15-12-20(35-4)16-25(24)36-5)37(33,34)21-13-10-19(3)11-14-21/h6-16,18H,17H2,1-5H3,(H,28,32)(H,29,31). The van der Waals surface area contributed by atoms with Crippen LogP contribution in [0.1, 0.15) is 29.8 Å². The van der Waals surface area contributed by atoms with Gasteiger partial charge in [-0.2, -0.15) is 0 Å². The van der Waals surface area contributed by atoms with Crippen molar-refractivity contribution in [1.29, 1.82) is 0 Å². The maximum atomic E-state index is 13.7. The summed E-state index contributed by atoms with van der Waals surface area (Å²) in [4.78, 5) is 25.9. The Hall–Kier alpha value is -4.05. The van der Waals surface area contributed by atoms with Gasteiger partial charge in [-0.25, -0.2) is 8.42 Å². The number of nitrogens with one attached hydrogen (secondary N) is 2. The molecule has 196 valence electrons. The molecule has 0 aliphatic rings. The highest BCUT2D eigenvalue weighted by Crippen LogP contribution is 2.35. The number of nitrogens with zero attached hydrogens (tertiary/aromatic N) is 1. The molecule has 0 aromatic heterocycles. The van der Waals surface area contributed by atoms with Gasteiger partial charge in [0.1, 0.15) is 18.0 Å². The second-order valence-electron chi connectivity index (χ2n) is 8.58. The summed E-state index contributed by atoms with van der Waals surface area (Å²) < 4.78 is 39.1. The Morgan fingerprint density at radius 2 is 1.62 bits per heavy atom. The number of hydrogen-bond donors (Lipinski definition) is 2. The fourth-order valence-electron chi connectivity index (χ4n) is 3.58. The molecule has 0 aliphatic carbocycles. The van der Waals surface area contributed by atoms with Crippen LogP contribution in [0.4, 0.5) is 11.4 Å². The molecule has 0 bridgehead atoms. The highest BCUT2D eigenvalue weighted by atomic mass is 32.2. The van der Waals surface area contributed by atoms with E-state index in [9.17, 15) is 18.0 Å². The summed E-state index contributed by atoms with van der Waals surface area (Å²) in [7, 11) is -1.30. The number of benzene rings is 3. The van der Waals surface area contributed by atoms with Crippen LogP contribution in [0.2, 0.25) is 0 Å². The smallest absolute Gasteiger partial charge is 0.264 e. The lowest BCUT2D eigenvalue weighted by Gasteiger charge is -2.26. The minimum absolute atomic E-state index is 0.0143. The lowest BCUT2D eigenvalue weighted by atomic mass is 10.1. The summed E-state index contributed by atoms with van der Waals surface area (Å²) in [5, 5.41) is 5.48. The first-order valence-corrected chi connectivity index (χ1v) is 13.0. The molecular weight excluding hydrogens is 494 g/mol. The molecule has 0 aliphatic heterocycles. The Labute approximate surface area is 217 Å². The van der Waals surface area contributed by atoms with Crippen LogP contribution in [-0.2, 0) is 14.8 Å². The van der Waals surface area contributed by atoms with Crippen molar-refractivity contribution >= 4 is 33.2 Å². The molecule has 0 fully saturated rings. The summed E-state index contributed by atoms with van der Waals surface area (Å²) in [5.74, 6) is -0.326. The highest BCUT2D eigenvalue weighted by Gasteiger charge is 2.30. The number of amides is 2. The molecule has 0 saturated carbocycles. The van der Waals surface area contributed by atoms with Crippen LogP contribution in [0.3, 0.4) is 0 Å². The molecule has 10 heteroatoms. The second kappa shape index (κ2) is 11.8. The normalized spacial score (nSPS) is 11.1. The van der Waals surface area contributed by atoms with E-state index < -0.39 is 22.5 Å². The fourth-order valence-corrected chi connectivity index (χ4v) is 5.01. The molecule has 0 heterocycles. The second-order valence-corrected chi connectivity index (χ2v) is 10.4. The zero-order valence-corrected chi connectivity index (χ0v) is 22.3. The number of ether oxygens (including phenoxy) is 2. The van der Waals surface area contributed by atoms with Gasteiger partial charge in [0.15, 0.2) is 0 Å². The van der Waals surface area contributed by atoms with Gasteiger partial charge in [0.25, 0.3) is 15.9 Å². The first kappa shape index (κ1) is 27.5. The summed E-state index contributed by atoms with van der Waals surface area (Å²) in [6, 6.07) is 17.4. The molecule has 3 aromatic rings. The molecule has 0 radical (unpaired) electrons. The van der Waals surface area contributed by atoms with Gasteiger partial charge in [-0.3, -0.25) is 13.9 Å². The van der Waals surface area contributed by atoms with Crippen molar-refractivity contribution < 1.29 is 27.5 Å². The number of sulfonamides is 1. The van der Waals surface area contributed by atoms with Crippen LogP contribution in [0.25, 0.3) is 0 Å². The summed E-state index contributed by atoms with van der Waals surface area (Å²) in [6.07, 6.45) is 0. The van der Waals surface area contributed by atoms with Gasteiger partial charge in [-0.1, -0.05) is 29.8 Å². The molecule has 0 spiro atoms. The Morgan fingerprint density at radius 1 is 0.946 bits per heavy atom. The van der Waals surface area contributed by atoms with Gasteiger partial charge in [0, 0.05) is 12.1 Å². The summed E-state index contributed by atoms with van der Waals surface area (Å²) in [5.41, 5.74) is 1.57. The van der Waals surface area contributed by atoms with Crippen molar-refractivity contribution in [2.75, 3.05) is 30.4 Å². The first-order chi connectivity index (χ1) is 17.6. The number of carbonyl (C=O) groups is 2. The minimum atomic E-state index is -4.18. The number of hydrogen-bond acceptors (Lipinski definition) is 6. The zero-order valence-electron chi connectivity index (χ0n) is 21.4. The number of carbonyl (C=O) groups excluding carboxylic acids is 2. The maximum absolute atomic E-state index is 13.7. The van der Waals surface area contributed by atoms with Crippen LogP contribution in [0.15, 0.2) is 71.6 Å². The van der Waals surface area contributed by atoms with Crippen LogP contribution >= 0.6 is 0 Å². The van der Waals surface area contributed by atoms with E-state index in [1.165, 1.54) is 38.5 Å². The van der Waals surface area contributed by atoms with Gasteiger partial charge >= 0.3 is 0 Å². The van der Waals surface area contributed by atoms with E-state index in [0.717, 1.165) is 9.87 Å². The molecule has 2 amide bonds. The predicted molar refractivity (Wildman–Crippen MR) is 143 cm³/mol. The molecular formula is C27H31N3O6S. The predicted octanol–water partition coefficient (Wildman–Crippen LogP) is 3.98. The monoisotopic (exact) mass is 525 g/mol. The molecule has 37 heavy (non-hydrogen) atoms. The molecule has 0 atom stereocenters. The maximum Gasteiger partial charge on any atom is 0.264 e. The van der Waals surface area contributed by atoms with Gasteiger partial charge in [-0.05, 0) is 57.2 Å². The Morgan fingerprint density at radius 3 is 2.24 bits per heavy atom. The molecule has 2 N–H and O–H groups in total. The van der Waals surface area contributed by atoms with E-state index in [2.05, 4.69) is 10.6 Å². The van der Waals surface area contributed by atoms with Crippen LogP contribution in [0, 0.1) is 6.92 Å². The quantitative estimate of drug-likeness (QED) is 0.414. The van der Waals surface area contributed by atoms with Crippen molar-refractivity contribution in [1.82, 2.24) is 5.32 Å². The largest absolute Gasteiger partial charge is 0.497 e. The van der Waals surface area contributed by atoms with Gasteiger partial charge in [0.05, 0.1) is 36.1 Å². The first-order valence-electron chi connectivity index (χ1n) is 11.6. The zero-order chi connectivity index (χ0) is 27.2. The van der Waals surface area contributed by atoms with E-state index in [1.54, 1.807) is 42.5 Å². The topological polar surface area (TPSA) is 114 Å². The van der Waals surface area contributed by atoms with Crippen molar-refractivity contribution in [2.45, 2.75) is 31.7 Å². The van der Waals surface area contributed by atoms with E-state index in [-0.39, 0.29) is 39.5 Å². The number of para-hydroxylation sites is 1. The third-order valence-corrected chi connectivity index (χ3v) is 7.19. The molecule has 3 rings (SSSR count). The van der Waals surface area contributed by atoms with Gasteiger partial charge in [-0.15, -0.1) is 0 Å². The van der Waals surface area contributed by atoms with Crippen LogP contribution < -0.4 is 24.4 Å². The SMILES string of the molecule is COc1ccc(N(CC(=O)Nc2ccccc2C(=O)NC(C)C)S(=O)(=O)c2ccc(C)cc2)c(OC)c1. The Bertz CT molecular complexity index is 1370. The average Bonchev–Trinajstić information content (AvgIpc) is 2.87. The Kier molecular flexibility index (Phi) is 8.77. The van der Waals surface area contributed by atoms with E-state index in [0.29, 0.717) is 5.75 Å². The van der Waals surface area contributed by atoms with Gasteiger partial charge < -0.3 is 20.1 Å². The third-order valence-electron chi connectivity index (χ3n) is 5.42. The van der Waals surface area contributed by atoms with Crippen molar-refractivity contribution in [3.8, 4) is 11.5 Å². The number of anilines is 2. The third kappa shape index (κ3) is 6.59. The molecule has 9 nitrogen and oxygen atoms in total. The Balaban J connectivity index is 2.01. The van der Waals surface area contributed by atoms with E-state index >= 15 is 0 Å². The average molecular weight is 526 g/mol. The van der Waals surface area contributed by atoms with E-state index in [1.807, 2.05) is 20.8 Å². The number of rotatable bonds is 10. The van der Waals surface area contributed by atoms with Gasteiger partial charge in [0.2, 0.25) is 5.91 Å². The fraction of sp³-hybridized carbons (Fsp3) is 0.259. The van der Waals surface area contributed by atoms with Crippen molar-refractivity contribution in [3.05, 3.63) is 77.9 Å². The van der Waals surface area contributed by atoms with Crippen molar-refractivity contribution in [2.24, 2.45) is 0 Å². The van der Waals surface area contributed by atoms with Crippen molar-refractivity contribution in [3.63, 3.8) is 0 Å². The molecule has 3 aromatic carbocycles. The lowest BCUT2D eigenvalue weighted by Crippen LogP contribution is -2.39. The number of aryl methyl sites for hydroxylation is 1. The van der Waals surface area contributed by atoms with E-state index in [4.69, 9.17) is 9.47 Å². The summed E-state index contributed by atoms with van der Waals surface area (Å²) in [6.45, 7) is 4.93. The minimum Gasteiger partial charge on any atom is -0.497 e.